The highest BCUT2D eigenvalue weighted by atomic mass is 35.6. The largest absolute Gasteiger partial charge is 0.338 e. The summed E-state index contributed by atoms with van der Waals surface area (Å²) in [5, 5.41) is 1.28. The lowest BCUT2D eigenvalue weighted by Crippen LogP contribution is -2.47. The van der Waals surface area contributed by atoms with Crippen molar-refractivity contribution in [2.75, 3.05) is 0 Å². The molecule has 122 valence electrons. The molecule has 1 aromatic rings. The van der Waals surface area contributed by atoms with Crippen molar-refractivity contribution < 1.29 is 14.4 Å². The lowest BCUT2D eigenvalue weighted by Gasteiger charge is -2.34. The summed E-state index contributed by atoms with van der Waals surface area (Å²) in [6.07, 6.45) is 0. The molecular weight excluding hydrogens is 372 g/mol. The van der Waals surface area contributed by atoms with Crippen LogP contribution in [0.2, 0.25) is 5.02 Å². The maximum Gasteiger partial charge on any atom is 0.329 e. The molecule has 0 aliphatic rings. The highest BCUT2D eigenvalue weighted by Gasteiger charge is 2.49. The van der Waals surface area contributed by atoms with Crippen molar-refractivity contribution in [1.29, 1.82) is 0 Å². The second kappa shape index (κ2) is 7.26. The fourth-order valence-electron chi connectivity index (χ4n) is 1.52. The smallest absolute Gasteiger partial charge is 0.329 e. The van der Waals surface area contributed by atoms with Crippen molar-refractivity contribution in [3.63, 3.8) is 0 Å². The van der Waals surface area contributed by atoms with Crippen molar-refractivity contribution in [3.8, 4) is 0 Å². The van der Waals surface area contributed by atoms with E-state index in [0.29, 0.717) is 10.6 Å². The number of hydrogen-bond donors (Lipinski definition) is 0. The third-order valence-electron chi connectivity index (χ3n) is 2.98. The van der Waals surface area contributed by atoms with E-state index < -0.39 is 21.1 Å². The maximum absolute atomic E-state index is 12.6. The molecule has 0 fully saturated rings. The van der Waals surface area contributed by atoms with Gasteiger partial charge in [0.2, 0.25) is 3.79 Å². The second-order valence-corrected chi connectivity index (χ2v) is 7.83. The first-order chi connectivity index (χ1) is 9.96. The minimum absolute atomic E-state index is 0.0533. The van der Waals surface area contributed by atoms with Crippen LogP contribution in [-0.4, -0.2) is 20.7 Å². The fraction of sp³-hybridized carbons (Fsp3) is 0.429. The number of rotatable bonds is 3. The molecule has 1 amide bonds. The molecule has 1 rings (SSSR count). The average molecular weight is 387 g/mol. The van der Waals surface area contributed by atoms with Gasteiger partial charge in [-0.2, -0.15) is 5.06 Å². The van der Waals surface area contributed by atoms with E-state index in [4.69, 9.17) is 51.2 Å². The number of carbonyl (C=O) groups excluding carboxylic acids is 2. The Morgan fingerprint density at radius 2 is 1.73 bits per heavy atom. The molecule has 0 atom stereocenters. The lowest BCUT2D eigenvalue weighted by molar-refractivity contribution is -0.204. The number of hydroxylamine groups is 2. The Hall–Kier alpha value is -0.680. The van der Waals surface area contributed by atoms with Gasteiger partial charge in [0.1, 0.15) is 0 Å². The zero-order chi connectivity index (χ0) is 17.1. The molecule has 4 nitrogen and oxygen atoms in total. The van der Waals surface area contributed by atoms with Gasteiger partial charge in [-0.3, -0.25) is 9.59 Å². The summed E-state index contributed by atoms with van der Waals surface area (Å²) >= 11 is 23.6. The standard InChI is InChI=1S/C14H15Cl4NO3/c1-9(20)22-19(8-10-6-4-5-7-11(10)15)12(21)13(2,3)14(16,17)18/h4-7H,8H2,1-3H3. The molecule has 0 N–H and O–H groups in total. The number of alkyl halides is 3. The Morgan fingerprint density at radius 3 is 2.18 bits per heavy atom. The van der Waals surface area contributed by atoms with Gasteiger partial charge in [-0.1, -0.05) is 64.6 Å². The van der Waals surface area contributed by atoms with E-state index in [9.17, 15) is 9.59 Å². The normalized spacial score (nSPS) is 12.0. The Morgan fingerprint density at radius 1 is 1.18 bits per heavy atom. The van der Waals surface area contributed by atoms with Gasteiger partial charge >= 0.3 is 5.97 Å². The van der Waals surface area contributed by atoms with Crippen molar-refractivity contribution in [2.24, 2.45) is 5.41 Å². The molecule has 0 spiro atoms. The van der Waals surface area contributed by atoms with E-state index in [1.165, 1.54) is 20.8 Å². The van der Waals surface area contributed by atoms with Crippen molar-refractivity contribution in [1.82, 2.24) is 5.06 Å². The third kappa shape index (κ3) is 4.66. The molecule has 0 bridgehead atoms. The molecule has 1 aromatic carbocycles. The predicted molar refractivity (Wildman–Crippen MR) is 87.8 cm³/mol. The predicted octanol–water partition coefficient (Wildman–Crippen LogP) is 4.54. The Kier molecular flexibility index (Phi) is 6.39. The minimum atomic E-state index is -1.87. The molecule has 0 aliphatic carbocycles. The van der Waals surface area contributed by atoms with Gasteiger partial charge in [0.05, 0.1) is 12.0 Å². The van der Waals surface area contributed by atoms with Crippen LogP contribution in [0.5, 0.6) is 0 Å². The third-order valence-corrected chi connectivity index (χ3v) is 4.77. The first-order valence-electron chi connectivity index (χ1n) is 6.27. The van der Waals surface area contributed by atoms with Gasteiger partial charge in [0, 0.05) is 11.9 Å². The molecule has 0 saturated carbocycles. The monoisotopic (exact) mass is 385 g/mol. The summed E-state index contributed by atoms with van der Waals surface area (Å²) < 4.78 is -1.87. The fourth-order valence-corrected chi connectivity index (χ4v) is 1.95. The van der Waals surface area contributed by atoms with Gasteiger partial charge in [-0.15, -0.1) is 0 Å². The van der Waals surface area contributed by atoms with Crippen LogP contribution in [0.3, 0.4) is 0 Å². The number of halogens is 4. The molecule has 8 heteroatoms. The number of hydrogen-bond acceptors (Lipinski definition) is 3. The van der Waals surface area contributed by atoms with E-state index in [1.54, 1.807) is 24.3 Å². The second-order valence-electron chi connectivity index (χ2n) is 5.14. The number of benzene rings is 1. The Labute approximate surface area is 149 Å². The number of nitrogens with zero attached hydrogens (tertiary/aromatic N) is 1. The lowest BCUT2D eigenvalue weighted by atomic mass is 9.94. The molecular formula is C14H15Cl4NO3. The maximum atomic E-state index is 12.6. The molecule has 0 radical (unpaired) electrons. The summed E-state index contributed by atoms with van der Waals surface area (Å²) in [5.41, 5.74) is -0.812. The number of amides is 1. The minimum Gasteiger partial charge on any atom is -0.338 e. The summed E-state index contributed by atoms with van der Waals surface area (Å²) in [6, 6.07) is 6.86. The van der Waals surface area contributed by atoms with E-state index in [0.717, 1.165) is 5.06 Å². The first kappa shape index (κ1) is 19.4. The van der Waals surface area contributed by atoms with E-state index in [1.807, 2.05) is 0 Å². The van der Waals surface area contributed by atoms with Gasteiger partial charge in [-0.25, -0.2) is 0 Å². The molecule has 0 aromatic heterocycles. The molecule has 0 aliphatic heterocycles. The van der Waals surface area contributed by atoms with Crippen molar-refractivity contribution in [3.05, 3.63) is 34.9 Å². The van der Waals surface area contributed by atoms with Crippen LogP contribution in [0.25, 0.3) is 0 Å². The van der Waals surface area contributed by atoms with Crippen LogP contribution in [0.4, 0.5) is 0 Å². The average Bonchev–Trinajstić information content (AvgIpc) is 2.37. The van der Waals surface area contributed by atoms with Gasteiger partial charge in [-0.05, 0) is 25.5 Å². The topological polar surface area (TPSA) is 46.6 Å². The van der Waals surface area contributed by atoms with Crippen LogP contribution in [0, 0.1) is 5.41 Å². The summed E-state index contributed by atoms with van der Waals surface area (Å²) in [4.78, 5) is 28.8. The van der Waals surface area contributed by atoms with E-state index in [2.05, 4.69) is 0 Å². The summed E-state index contributed by atoms with van der Waals surface area (Å²) in [7, 11) is 0. The summed E-state index contributed by atoms with van der Waals surface area (Å²) in [5.74, 6) is -1.32. The zero-order valence-corrected chi connectivity index (χ0v) is 15.2. The number of carbonyl (C=O) groups is 2. The molecule has 0 heterocycles. The Bertz CT molecular complexity index is 569. The van der Waals surface area contributed by atoms with Crippen LogP contribution < -0.4 is 0 Å². The van der Waals surface area contributed by atoms with Crippen molar-refractivity contribution >= 4 is 58.3 Å². The Balaban J connectivity index is 3.11. The zero-order valence-electron chi connectivity index (χ0n) is 12.2. The van der Waals surface area contributed by atoms with E-state index in [-0.39, 0.29) is 6.54 Å². The van der Waals surface area contributed by atoms with Gasteiger partial charge in [0.15, 0.2) is 0 Å². The van der Waals surface area contributed by atoms with Crippen LogP contribution in [0.15, 0.2) is 24.3 Å². The van der Waals surface area contributed by atoms with Crippen LogP contribution in [-0.2, 0) is 21.0 Å². The highest BCUT2D eigenvalue weighted by molar-refractivity contribution is 6.68. The highest BCUT2D eigenvalue weighted by Crippen LogP contribution is 2.45. The van der Waals surface area contributed by atoms with Crippen LogP contribution in [0.1, 0.15) is 26.3 Å². The van der Waals surface area contributed by atoms with E-state index >= 15 is 0 Å². The van der Waals surface area contributed by atoms with Crippen molar-refractivity contribution in [2.45, 2.75) is 31.1 Å². The molecule has 0 saturated heterocycles. The van der Waals surface area contributed by atoms with Crippen LogP contribution >= 0.6 is 46.4 Å². The molecule has 0 unspecified atom stereocenters. The quantitative estimate of drug-likeness (QED) is 0.565. The van der Waals surface area contributed by atoms with Gasteiger partial charge < -0.3 is 4.84 Å². The summed E-state index contributed by atoms with van der Waals surface area (Å²) in [6.45, 7) is 4.02. The van der Waals surface area contributed by atoms with Gasteiger partial charge in [0.25, 0.3) is 5.91 Å². The first-order valence-corrected chi connectivity index (χ1v) is 7.78. The SMILES string of the molecule is CC(=O)ON(Cc1ccccc1Cl)C(=O)C(C)(C)C(Cl)(Cl)Cl. The molecule has 22 heavy (non-hydrogen) atoms.